The fraction of sp³-hybridized carbons (Fsp3) is 0.111. The molecule has 0 spiro atoms. The normalized spacial score (nSPS) is 13.7. The Kier molecular flexibility index (Phi) is 4.76. The largest absolute Gasteiger partial charge is 0.399 e. The second-order valence-corrected chi connectivity index (χ2v) is 10.1. The summed E-state index contributed by atoms with van der Waals surface area (Å²) in [6, 6.07) is 26.0. The van der Waals surface area contributed by atoms with Crippen molar-refractivity contribution < 1.29 is 0 Å². The Morgan fingerprint density at radius 1 is 0.581 bits per heavy atom. The molecule has 0 aromatic heterocycles. The minimum Gasteiger partial charge on any atom is -0.399 e. The highest BCUT2D eigenvalue weighted by Crippen LogP contribution is 2.57. The van der Waals surface area contributed by atoms with Gasteiger partial charge in [0.2, 0.25) is 0 Å². The summed E-state index contributed by atoms with van der Waals surface area (Å²) in [5.41, 5.74) is 23.1. The Morgan fingerprint density at radius 3 is 1.39 bits per heavy atom. The summed E-state index contributed by atoms with van der Waals surface area (Å²) in [5.74, 6) is 0. The summed E-state index contributed by atoms with van der Waals surface area (Å²) < 4.78 is 2.11. The molecule has 0 fully saturated rings. The van der Waals surface area contributed by atoms with Crippen molar-refractivity contribution in [1.82, 2.24) is 0 Å². The van der Waals surface area contributed by atoms with Gasteiger partial charge in [0.1, 0.15) is 0 Å². The maximum Gasteiger partial charge on any atom is 0.0714 e. The molecule has 0 amide bonds. The van der Waals surface area contributed by atoms with Crippen LogP contribution in [0.1, 0.15) is 33.4 Å². The molecule has 0 saturated carbocycles. The number of anilines is 2. The number of fused-ring (bicyclic) bond motifs is 3. The van der Waals surface area contributed by atoms with E-state index >= 15 is 0 Å². The lowest BCUT2D eigenvalue weighted by Crippen LogP contribution is -2.29. The minimum atomic E-state index is -0.477. The van der Waals surface area contributed by atoms with Crippen LogP contribution in [0.3, 0.4) is 0 Å². The van der Waals surface area contributed by atoms with Crippen molar-refractivity contribution >= 4 is 43.2 Å². The smallest absolute Gasteiger partial charge is 0.0714 e. The Bertz CT molecular complexity index is 1250. The van der Waals surface area contributed by atoms with Crippen molar-refractivity contribution in [2.75, 3.05) is 11.5 Å². The fourth-order valence-corrected chi connectivity index (χ4v) is 5.60. The van der Waals surface area contributed by atoms with Gasteiger partial charge in [0.05, 0.1) is 5.41 Å². The van der Waals surface area contributed by atoms with Crippen LogP contribution in [0.25, 0.3) is 11.1 Å². The van der Waals surface area contributed by atoms with Crippen LogP contribution in [0.4, 0.5) is 11.4 Å². The first-order chi connectivity index (χ1) is 14.8. The van der Waals surface area contributed by atoms with Gasteiger partial charge in [-0.2, -0.15) is 0 Å². The predicted octanol–water partition coefficient (Wildman–Crippen LogP) is 7.36. The number of hydrogen-bond donors (Lipinski definition) is 2. The second-order valence-electron chi connectivity index (χ2n) is 8.27. The zero-order valence-corrected chi connectivity index (χ0v) is 20.5. The molecule has 31 heavy (non-hydrogen) atoms. The van der Waals surface area contributed by atoms with Crippen LogP contribution in [0.5, 0.6) is 0 Å². The second kappa shape index (κ2) is 7.25. The number of nitrogen functional groups attached to an aromatic ring is 2. The molecule has 154 valence electrons. The molecule has 5 rings (SSSR count). The molecule has 1 aliphatic carbocycles. The molecule has 0 saturated heterocycles. The quantitative estimate of drug-likeness (QED) is 0.233. The highest BCUT2D eigenvalue weighted by Gasteiger charge is 2.46. The Labute approximate surface area is 199 Å². The third kappa shape index (κ3) is 2.96. The molecule has 0 unspecified atom stereocenters. The lowest BCUT2D eigenvalue weighted by molar-refractivity contribution is 0.765. The molecule has 0 atom stereocenters. The van der Waals surface area contributed by atoms with E-state index in [9.17, 15) is 0 Å². The molecule has 0 bridgehead atoms. The summed E-state index contributed by atoms with van der Waals surface area (Å²) in [4.78, 5) is 0. The molecule has 1 aliphatic rings. The summed E-state index contributed by atoms with van der Waals surface area (Å²) in [5, 5.41) is 0. The first-order valence-electron chi connectivity index (χ1n) is 10.2. The fourth-order valence-electron chi connectivity index (χ4n) is 4.87. The van der Waals surface area contributed by atoms with Crippen LogP contribution in [0, 0.1) is 13.8 Å². The molecule has 4 aromatic carbocycles. The van der Waals surface area contributed by atoms with Crippen molar-refractivity contribution in [3.8, 4) is 11.1 Å². The van der Waals surface area contributed by atoms with E-state index in [-0.39, 0.29) is 0 Å². The summed E-state index contributed by atoms with van der Waals surface area (Å²) in [6.45, 7) is 4.14. The van der Waals surface area contributed by atoms with Gasteiger partial charge in [0.25, 0.3) is 0 Å². The summed E-state index contributed by atoms with van der Waals surface area (Å²) >= 11 is 7.45. The average molecular weight is 534 g/mol. The van der Waals surface area contributed by atoms with Gasteiger partial charge in [0, 0.05) is 20.3 Å². The Morgan fingerprint density at radius 2 is 1.00 bits per heavy atom. The maximum absolute atomic E-state index is 6.22. The minimum absolute atomic E-state index is 0.477. The number of hydrogen-bond acceptors (Lipinski definition) is 2. The predicted molar refractivity (Wildman–Crippen MR) is 137 cm³/mol. The van der Waals surface area contributed by atoms with Gasteiger partial charge in [0.15, 0.2) is 0 Å². The zero-order valence-electron chi connectivity index (χ0n) is 17.3. The molecule has 4 heteroatoms. The van der Waals surface area contributed by atoms with Crippen LogP contribution in [-0.4, -0.2) is 0 Å². The molecule has 0 heterocycles. The van der Waals surface area contributed by atoms with E-state index < -0.39 is 5.41 Å². The third-order valence-electron chi connectivity index (χ3n) is 6.47. The van der Waals surface area contributed by atoms with Crippen LogP contribution < -0.4 is 11.5 Å². The maximum atomic E-state index is 6.22. The molecule has 0 aliphatic heterocycles. The Balaban J connectivity index is 2.00. The number of nitrogens with two attached hydrogens (primary N) is 2. The van der Waals surface area contributed by atoms with Crippen LogP contribution in [0.15, 0.2) is 81.7 Å². The van der Waals surface area contributed by atoms with Crippen LogP contribution in [0.2, 0.25) is 0 Å². The van der Waals surface area contributed by atoms with E-state index in [1.54, 1.807) is 0 Å². The van der Waals surface area contributed by atoms with E-state index in [2.05, 4.69) is 106 Å². The van der Waals surface area contributed by atoms with E-state index in [0.717, 1.165) is 31.4 Å². The molecular formula is C27H22Br2N2. The molecule has 4 N–H and O–H groups in total. The molecule has 0 radical (unpaired) electrons. The first kappa shape index (κ1) is 20.3. The van der Waals surface area contributed by atoms with Crippen LogP contribution >= 0.6 is 31.9 Å². The van der Waals surface area contributed by atoms with Crippen molar-refractivity contribution in [2.24, 2.45) is 0 Å². The van der Waals surface area contributed by atoms with Gasteiger partial charge in [-0.25, -0.2) is 0 Å². The van der Waals surface area contributed by atoms with Gasteiger partial charge in [-0.05, 0) is 94.8 Å². The zero-order chi connectivity index (χ0) is 21.9. The lowest BCUT2D eigenvalue weighted by Gasteiger charge is -2.35. The number of benzene rings is 4. The molecule has 2 nitrogen and oxygen atoms in total. The monoisotopic (exact) mass is 532 g/mol. The van der Waals surface area contributed by atoms with E-state index in [1.165, 1.54) is 33.4 Å². The SMILES string of the molecule is Cc1cc(C2(c3ccc(N)c(C)c3)c3cc(Br)ccc3-c3ccc(Br)cc32)ccc1N. The third-order valence-corrected chi connectivity index (χ3v) is 7.45. The highest BCUT2D eigenvalue weighted by atomic mass is 79.9. The molecule has 4 aromatic rings. The van der Waals surface area contributed by atoms with E-state index in [0.29, 0.717) is 0 Å². The topological polar surface area (TPSA) is 52.0 Å². The Hall–Kier alpha value is -2.56. The van der Waals surface area contributed by atoms with Gasteiger partial charge < -0.3 is 11.5 Å². The van der Waals surface area contributed by atoms with Gasteiger partial charge in [-0.3, -0.25) is 0 Å². The van der Waals surface area contributed by atoms with Gasteiger partial charge in [-0.15, -0.1) is 0 Å². The van der Waals surface area contributed by atoms with Crippen molar-refractivity contribution in [3.05, 3.63) is 115 Å². The summed E-state index contributed by atoms with van der Waals surface area (Å²) in [6.07, 6.45) is 0. The van der Waals surface area contributed by atoms with E-state index in [4.69, 9.17) is 11.5 Å². The van der Waals surface area contributed by atoms with Crippen LogP contribution in [-0.2, 0) is 5.41 Å². The van der Waals surface area contributed by atoms with E-state index in [1.807, 2.05) is 12.1 Å². The lowest BCUT2D eigenvalue weighted by atomic mass is 9.67. The number of aryl methyl sites for hydroxylation is 2. The van der Waals surface area contributed by atoms with Crippen molar-refractivity contribution in [2.45, 2.75) is 19.3 Å². The standard InChI is InChI=1S/C27H22Br2N2/c1-15-11-17(3-9-25(15)30)27(18-4-10-26(31)16(2)12-18)23-13-19(28)5-7-21(23)22-8-6-20(29)14-24(22)27/h3-14H,30-31H2,1-2H3. The number of rotatable bonds is 2. The van der Waals surface area contributed by atoms with Crippen molar-refractivity contribution in [3.63, 3.8) is 0 Å². The summed E-state index contributed by atoms with van der Waals surface area (Å²) in [7, 11) is 0. The molecular weight excluding hydrogens is 512 g/mol. The highest BCUT2D eigenvalue weighted by molar-refractivity contribution is 9.10. The van der Waals surface area contributed by atoms with Gasteiger partial charge in [-0.1, -0.05) is 68.3 Å². The number of halogens is 2. The van der Waals surface area contributed by atoms with Crippen molar-refractivity contribution in [1.29, 1.82) is 0 Å². The first-order valence-corrected chi connectivity index (χ1v) is 11.7. The van der Waals surface area contributed by atoms with Gasteiger partial charge >= 0.3 is 0 Å². The average Bonchev–Trinajstić information content (AvgIpc) is 3.01.